The number of alkyl halides is 2. The van der Waals surface area contributed by atoms with Crippen molar-refractivity contribution in [3.05, 3.63) is 0 Å². The lowest BCUT2D eigenvalue weighted by Crippen LogP contribution is -1.99. The van der Waals surface area contributed by atoms with Gasteiger partial charge in [-0.05, 0) is 32.1 Å². The van der Waals surface area contributed by atoms with Crippen LogP contribution in [-0.2, 0) is 0 Å². The highest BCUT2D eigenvalue weighted by molar-refractivity contribution is 8.93. The summed E-state index contributed by atoms with van der Waals surface area (Å²) in [5, 5.41) is 0.194. The van der Waals surface area contributed by atoms with Crippen molar-refractivity contribution in [2.75, 3.05) is 26.5 Å². The highest BCUT2D eigenvalue weighted by Gasteiger charge is 1.58. The second kappa shape index (κ2) is 22.9. The van der Waals surface area contributed by atoms with Crippen LogP contribution in [0.5, 0.6) is 0 Å². The SMILES string of the molecule is Br.CN(C)C.ClCCl.[SiH4]. The Morgan fingerprint density at radius 2 is 1.11 bits per heavy atom. The first-order chi connectivity index (χ1) is 3.15. The summed E-state index contributed by atoms with van der Waals surface area (Å²) in [4.78, 5) is 2.00. The van der Waals surface area contributed by atoms with Crippen LogP contribution in [0.25, 0.3) is 0 Å². The maximum Gasteiger partial charge on any atom is 0.0967 e. The third-order valence-corrected chi connectivity index (χ3v) is 0. The Morgan fingerprint density at radius 1 is 1.11 bits per heavy atom. The van der Waals surface area contributed by atoms with Gasteiger partial charge < -0.3 is 4.90 Å². The third-order valence-electron chi connectivity index (χ3n) is 0. The van der Waals surface area contributed by atoms with Crippen LogP contribution in [0.15, 0.2) is 0 Å². The van der Waals surface area contributed by atoms with E-state index in [1.165, 1.54) is 0 Å². The minimum Gasteiger partial charge on any atom is -0.312 e. The zero-order valence-corrected chi connectivity index (χ0v) is 8.54. The summed E-state index contributed by atoms with van der Waals surface area (Å²) >= 11 is 9.53. The Balaban J connectivity index is -0.0000000233. The van der Waals surface area contributed by atoms with Gasteiger partial charge in [0.05, 0.1) is 5.34 Å². The molecule has 5 heteroatoms. The van der Waals surface area contributed by atoms with E-state index in [4.69, 9.17) is 23.2 Å². The molecule has 0 aromatic heterocycles. The Kier molecular flexibility index (Phi) is 57.0. The van der Waals surface area contributed by atoms with Crippen molar-refractivity contribution >= 4 is 51.1 Å². The first-order valence-electron chi connectivity index (χ1n) is 1.88. The first kappa shape index (κ1) is 22.5. The lowest BCUT2D eigenvalue weighted by molar-refractivity contribution is 0.505. The quantitative estimate of drug-likeness (QED) is 0.456. The summed E-state index contributed by atoms with van der Waals surface area (Å²) in [6.45, 7) is 0. The van der Waals surface area contributed by atoms with Gasteiger partial charge in [0.1, 0.15) is 0 Å². The normalized spacial score (nSPS) is 6.00. The summed E-state index contributed by atoms with van der Waals surface area (Å²) < 4.78 is 0. The Morgan fingerprint density at radius 3 is 1.11 bits per heavy atom. The molecule has 0 saturated heterocycles. The zero-order valence-electron chi connectivity index (χ0n) is 5.32. The molecule has 0 atom stereocenters. The fourth-order valence-electron chi connectivity index (χ4n) is 0. The number of halogens is 3. The molecule has 0 aliphatic rings. The molecule has 0 aromatic rings. The molecular weight excluding hydrogens is 241 g/mol. The van der Waals surface area contributed by atoms with Gasteiger partial charge in [-0.15, -0.1) is 40.2 Å². The van der Waals surface area contributed by atoms with Crippen molar-refractivity contribution in [3.63, 3.8) is 0 Å². The first-order valence-corrected chi connectivity index (χ1v) is 2.95. The number of rotatable bonds is 0. The maximum atomic E-state index is 4.76. The van der Waals surface area contributed by atoms with Crippen LogP contribution in [0.1, 0.15) is 0 Å². The van der Waals surface area contributed by atoms with Crippen LogP contribution >= 0.6 is 40.2 Å². The van der Waals surface area contributed by atoms with Gasteiger partial charge in [0.2, 0.25) is 0 Å². The van der Waals surface area contributed by atoms with E-state index in [0.29, 0.717) is 0 Å². The van der Waals surface area contributed by atoms with Crippen LogP contribution in [0.3, 0.4) is 0 Å². The Bertz CT molecular complexity index is 29.8. The molecule has 9 heavy (non-hydrogen) atoms. The molecule has 0 aliphatic carbocycles. The van der Waals surface area contributed by atoms with Crippen LogP contribution in [0, 0.1) is 0 Å². The fourth-order valence-corrected chi connectivity index (χ4v) is 0. The maximum absolute atomic E-state index is 4.76. The van der Waals surface area contributed by atoms with Gasteiger partial charge in [0.15, 0.2) is 0 Å². The molecule has 62 valence electrons. The van der Waals surface area contributed by atoms with E-state index in [1.807, 2.05) is 26.0 Å². The number of nitrogens with zero attached hydrogens (tertiary/aromatic N) is 1. The van der Waals surface area contributed by atoms with Gasteiger partial charge >= 0.3 is 0 Å². The molecular formula is C4H16BrCl2NSi. The van der Waals surface area contributed by atoms with Crippen LogP contribution in [0.4, 0.5) is 0 Å². The topological polar surface area (TPSA) is 3.24 Å². The molecule has 0 aliphatic heterocycles. The van der Waals surface area contributed by atoms with Crippen LogP contribution < -0.4 is 0 Å². The van der Waals surface area contributed by atoms with E-state index in [0.717, 1.165) is 0 Å². The van der Waals surface area contributed by atoms with Gasteiger partial charge in [-0.2, -0.15) is 0 Å². The molecule has 0 fully saturated rings. The van der Waals surface area contributed by atoms with Crippen molar-refractivity contribution in [1.82, 2.24) is 4.90 Å². The molecule has 0 bridgehead atoms. The minimum absolute atomic E-state index is 0. The molecule has 0 spiro atoms. The lowest BCUT2D eigenvalue weighted by atomic mass is 11.0. The van der Waals surface area contributed by atoms with E-state index < -0.39 is 0 Å². The standard InChI is InChI=1S/C3H9N.CH2Cl2.BrH.H4Si/c1-4(2)3;2-1-3;;/h1-3H3;1H2;1H;1H4. The Hall–Kier alpha value is 1.24. The Labute approximate surface area is 82.5 Å². The molecule has 0 aromatic carbocycles. The van der Waals surface area contributed by atoms with Crippen molar-refractivity contribution in [2.45, 2.75) is 0 Å². The molecule has 1 nitrogen and oxygen atoms in total. The van der Waals surface area contributed by atoms with Gasteiger partial charge in [0.25, 0.3) is 0 Å². The van der Waals surface area contributed by atoms with Gasteiger partial charge in [-0.25, -0.2) is 0 Å². The predicted octanol–water partition coefficient (Wildman–Crippen LogP) is 0.726. The lowest BCUT2D eigenvalue weighted by Gasteiger charge is -1.90. The second-order valence-corrected chi connectivity index (χ2v) is 2.25. The van der Waals surface area contributed by atoms with E-state index in [2.05, 4.69) is 0 Å². The summed E-state index contributed by atoms with van der Waals surface area (Å²) in [6, 6.07) is 0. The van der Waals surface area contributed by atoms with Crippen molar-refractivity contribution in [3.8, 4) is 0 Å². The van der Waals surface area contributed by atoms with Gasteiger partial charge in [-0.1, -0.05) is 0 Å². The zero-order chi connectivity index (χ0) is 6.28. The number of hydrogen-bond acceptors (Lipinski definition) is 1. The minimum atomic E-state index is 0. The number of hydrogen-bond donors (Lipinski definition) is 0. The van der Waals surface area contributed by atoms with E-state index in [-0.39, 0.29) is 33.3 Å². The largest absolute Gasteiger partial charge is 0.312 e. The van der Waals surface area contributed by atoms with Crippen molar-refractivity contribution < 1.29 is 0 Å². The van der Waals surface area contributed by atoms with E-state index in [1.54, 1.807) is 0 Å². The van der Waals surface area contributed by atoms with Crippen molar-refractivity contribution in [2.24, 2.45) is 0 Å². The van der Waals surface area contributed by atoms with Crippen LogP contribution in [0.2, 0.25) is 0 Å². The summed E-state index contributed by atoms with van der Waals surface area (Å²) in [5.74, 6) is 0. The molecule has 0 N–H and O–H groups in total. The van der Waals surface area contributed by atoms with Crippen molar-refractivity contribution in [1.29, 1.82) is 0 Å². The van der Waals surface area contributed by atoms with E-state index >= 15 is 0 Å². The fraction of sp³-hybridized carbons (Fsp3) is 1.00. The highest BCUT2D eigenvalue weighted by Crippen LogP contribution is 1.73. The molecule has 0 rings (SSSR count). The van der Waals surface area contributed by atoms with Gasteiger partial charge in [-0.3, -0.25) is 0 Å². The summed E-state index contributed by atoms with van der Waals surface area (Å²) in [7, 11) is 6.00. The third kappa shape index (κ3) is 316. The van der Waals surface area contributed by atoms with E-state index in [9.17, 15) is 0 Å². The highest BCUT2D eigenvalue weighted by atomic mass is 79.9. The predicted molar refractivity (Wildman–Crippen MR) is 57.8 cm³/mol. The van der Waals surface area contributed by atoms with Crippen LogP contribution in [-0.4, -0.2) is 42.3 Å². The average molecular weight is 257 g/mol. The summed E-state index contributed by atoms with van der Waals surface area (Å²) in [5.41, 5.74) is 0. The summed E-state index contributed by atoms with van der Waals surface area (Å²) in [6.07, 6.45) is 0. The second-order valence-electron chi connectivity index (χ2n) is 1.44. The molecule has 0 radical (unpaired) electrons. The van der Waals surface area contributed by atoms with Gasteiger partial charge in [0, 0.05) is 0 Å². The average Bonchev–Trinajstić information content (AvgIpc) is 1.33. The molecule has 0 unspecified atom stereocenters. The smallest absolute Gasteiger partial charge is 0.0967 e. The molecule has 0 heterocycles. The molecule has 0 saturated carbocycles. The molecule has 0 amide bonds. The monoisotopic (exact) mass is 255 g/mol.